The van der Waals surface area contributed by atoms with Gasteiger partial charge in [0.05, 0.1) is 22.6 Å². The molecule has 0 atom stereocenters. The first-order valence-electron chi connectivity index (χ1n) is 8.98. The number of primary sulfonamides is 1. The van der Waals surface area contributed by atoms with Crippen LogP contribution in [-0.2, 0) is 10.0 Å². The number of sulfonamides is 1. The number of methoxy groups -OCH3 is 1. The molecule has 31 heavy (non-hydrogen) atoms. The largest absolute Gasteiger partial charge is 0.497 e. The standard InChI is InChI=1S/C21H17N3O5S2/c1-28-15-4-2-3-14(11-15)23-20-19(30-21(25)24-20)12-16-7-10-18(29-16)13-5-8-17(9-6-13)31(22,26)27/h2-12H,1H3,(H2,22,26,27)(H,23,24,25)/b19-12-. The molecule has 8 nitrogen and oxygen atoms in total. The first-order chi connectivity index (χ1) is 14.8. The van der Waals surface area contributed by atoms with Gasteiger partial charge in [-0.15, -0.1) is 0 Å². The molecule has 0 saturated carbocycles. The van der Waals surface area contributed by atoms with E-state index in [2.05, 4.69) is 10.3 Å². The molecule has 0 bridgehead atoms. The van der Waals surface area contributed by atoms with E-state index in [1.807, 2.05) is 12.1 Å². The Kier molecular flexibility index (Phi) is 5.68. The van der Waals surface area contributed by atoms with E-state index >= 15 is 0 Å². The van der Waals surface area contributed by atoms with Gasteiger partial charge in [-0.2, -0.15) is 0 Å². The van der Waals surface area contributed by atoms with Crippen LogP contribution in [0.3, 0.4) is 0 Å². The van der Waals surface area contributed by atoms with E-state index in [0.717, 1.165) is 11.8 Å². The van der Waals surface area contributed by atoms with Crippen LogP contribution in [0.5, 0.6) is 5.75 Å². The van der Waals surface area contributed by atoms with E-state index in [1.165, 1.54) is 12.1 Å². The van der Waals surface area contributed by atoms with Gasteiger partial charge in [0.15, 0.2) is 0 Å². The molecule has 0 radical (unpaired) electrons. The van der Waals surface area contributed by atoms with E-state index in [4.69, 9.17) is 14.3 Å². The van der Waals surface area contributed by atoms with Crippen LogP contribution >= 0.6 is 11.8 Å². The Morgan fingerprint density at radius 2 is 1.90 bits per heavy atom. The quantitative estimate of drug-likeness (QED) is 0.596. The number of nitrogens with one attached hydrogen (secondary N) is 1. The number of amides is 1. The number of rotatable bonds is 5. The molecule has 2 aromatic carbocycles. The van der Waals surface area contributed by atoms with Gasteiger partial charge in [0.25, 0.3) is 5.24 Å². The lowest BCUT2D eigenvalue weighted by Crippen LogP contribution is -2.18. The summed E-state index contributed by atoms with van der Waals surface area (Å²) in [7, 11) is -2.19. The first-order valence-corrected chi connectivity index (χ1v) is 11.3. The van der Waals surface area contributed by atoms with Gasteiger partial charge in [-0.3, -0.25) is 4.79 Å². The van der Waals surface area contributed by atoms with E-state index in [9.17, 15) is 13.2 Å². The number of nitrogens with two attached hydrogens (primary N) is 1. The lowest BCUT2D eigenvalue weighted by atomic mass is 10.2. The maximum Gasteiger partial charge on any atom is 0.289 e. The molecule has 2 heterocycles. The number of furan rings is 1. The van der Waals surface area contributed by atoms with Crippen molar-refractivity contribution in [1.82, 2.24) is 5.32 Å². The second kappa shape index (κ2) is 8.42. The Morgan fingerprint density at radius 1 is 1.13 bits per heavy atom. The molecule has 1 aromatic heterocycles. The number of hydrogen-bond donors (Lipinski definition) is 2. The summed E-state index contributed by atoms with van der Waals surface area (Å²) in [5.41, 5.74) is 1.33. The second-order valence-corrected chi connectivity index (χ2v) is 9.03. The molecule has 1 saturated heterocycles. The molecular weight excluding hydrogens is 438 g/mol. The van der Waals surface area contributed by atoms with Crippen LogP contribution in [0.4, 0.5) is 10.5 Å². The normalized spacial score (nSPS) is 16.6. The molecule has 0 spiro atoms. The van der Waals surface area contributed by atoms with Crippen LogP contribution < -0.4 is 15.2 Å². The topological polar surface area (TPSA) is 124 Å². The molecule has 158 valence electrons. The fraction of sp³-hybridized carbons (Fsp3) is 0.0476. The van der Waals surface area contributed by atoms with E-state index < -0.39 is 10.0 Å². The number of carbonyl (C=O) groups is 1. The van der Waals surface area contributed by atoms with Gasteiger partial charge < -0.3 is 14.5 Å². The molecule has 4 rings (SSSR count). The van der Waals surface area contributed by atoms with Crippen molar-refractivity contribution >= 4 is 44.6 Å². The molecule has 1 fully saturated rings. The van der Waals surface area contributed by atoms with Crippen molar-refractivity contribution in [3.05, 3.63) is 71.3 Å². The molecule has 1 aliphatic rings. The smallest absolute Gasteiger partial charge is 0.289 e. The van der Waals surface area contributed by atoms with Gasteiger partial charge in [0.1, 0.15) is 23.1 Å². The number of aliphatic imine (C=N–C) groups is 1. The third-order valence-corrected chi connectivity index (χ3v) is 6.07. The summed E-state index contributed by atoms with van der Waals surface area (Å²) < 4.78 is 33.8. The van der Waals surface area contributed by atoms with Gasteiger partial charge in [-0.1, -0.05) is 6.07 Å². The van der Waals surface area contributed by atoms with Crippen LogP contribution in [-0.4, -0.2) is 26.6 Å². The van der Waals surface area contributed by atoms with Crippen molar-refractivity contribution in [2.45, 2.75) is 4.90 Å². The molecule has 3 N–H and O–H groups in total. The van der Waals surface area contributed by atoms with E-state index in [0.29, 0.717) is 39.3 Å². The van der Waals surface area contributed by atoms with Crippen molar-refractivity contribution in [3.8, 4) is 17.1 Å². The number of benzene rings is 2. The third kappa shape index (κ3) is 4.88. The van der Waals surface area contributed by atoms with Crippen molar-refractivity contribution in [1.29, 1.82) is 0 Å². The maximum absolute atomic E-state index is 11.9. The summed E-state index contributed by atoms with van der Waals surface area (Å²) in [6.07, 6.45) is 1.71. The lowest BCUT2D eigenvalue weighted by molar-refractivity contribution is 0.265. The fourth-order valence-electron chi connectivity index (χ4n) is 2.85. The number of ether oxygens (including phenoxy) is 1. The third-order valence-electron chi connectivity index (χ3n) is 4.32. The predicted molar refractivity (Wildman–Crippen MR) is 120 cm³/mol. The average Bonchev–Trinajstić information content (AvgIpc) is 3.34. The van der Waals surface area contributed by atoms with Crippen molar-refractivity contribution < 1.29 is 22.4 Å². The molecular formula is C21H17N3O5S2. The first kappa shape index (κ1) is 20.9. The van der Waals surface area contributed by atoms with E-state index in [-0.39, 0.29) is 10.1 Å². The Labute approximate surface area is 182 Å². The molecule has 3 aromatic rings. The van der Waals surface area contributed by atoms with Gasteiger partial charge >= 0.3 is 0 Å². The number of amidine groups is 1. The van der Waals surface area contributed by atoms with Gasteiger partial charge in [0, 0.05) is 11.6 Å². The Hall–Kier alpha value is -3.34. The minimum atomic E-state index is -3.76. The summed E-state index contributed by atoms with van der Waals surface area (Å²) in [6, 6.07) is 16.7. The van der Waals surface area contributed by atoms with Crippen LogP contribution in [0.2, 0.25) is 0 Å². The number of hydrogen-bond acceptors (Lipinski definition) is 7. The highest BCUT2D eigenvalue weighted by atomic mass is 32.2. The molecule has 10 heteroatoms. The summed E-state index contributed by atoms with van der Waals surface area (Å²) >= 11 is 1.02. The summed E-state index contributed by atoms with van der Waals surface area (Å²) in [4.78, 5) is 17.1. The predicted octanol–water partition coefficient (Wildman–Crippen LogP) is 4.13. The highest BCUT2D eigenvalue weighted by Gasteiger charge is 2.24. The second-order valence-electron chi connectivity index (χ2n) is 6.46. The zero-order chi connectivity index (χ0) is 22.0. The van der Waals surface area contributed by atoms with Gasteiger partial charge in [-0.25, -0.2) is 18.5 Å². The molecule has 1 amide bonds. The molecule has 0 unspecified atom stereocenters. The number of thioether (sulfide) groups is 1. The van der Waals surface area contributed by atoms with Crippen LogP contribution in [0, 0.1) is 0 Å². The van der Waals surface area contributed by atoms with Gasteiger partial charge in [-0.05, 0) is 66.4 Å². The average molecular weight is 456 g/mol. The number of carbonyl (C=O) groups excluding carboxylic acids is 1. The summed E-state index contributed by atoms with van der Waals surface area (Å²) in [6.45, 7) is 0. The van der Waals surface area contributed by atoms with Crippen LogP contribution in [0.25, 0.3) is 17.4 Å². The van der Waals surface area contributed by atoms with Crippen molar-refractivity contribution in [2.24, 2.45) is 10.1 Å². The zero-order valence-electron chi connectivity index (χ0n) is 16.2. The Morgan fingerprint density at radius 3 is 2.61 bits per heavy atom. The monoisotopic (exact) mass is 455 g/mol. The van der Waals surface area contributed by atoms with Crippen molar-refractivity contribution in [3.63, 3.8) is 0 Å². The van der Waals surface area contributed by atoms with Gasteiger partial charge in [0.2, 0.25) is 10.0 Å². The maximum atomic E-state index is 11.9. The Bertz CT molecular complexity index is 1310. The highest BCUT2D eigenvalue weighted by Crippen LogP contribution is 2.31. The SMILES string of the molecule is COc1cccc(N=C2NC(=O)S/C2=C\c2ccc(-c3ccc(S(N)(=O)=O)cc3)o2)c1. The minimum absolute atomic E-state index is 0.0236. The van der Waals surface area contributed by atoms with E-state index in [1.54, 1.807) is 49.6 Å². The minimum Gasteiger partial charge on any atom is -0.497 e. The Balaban J connectivity index is 1.61. The molecule has 0 aliphatic carbocycles. The fourth-order valence-corrected chi connectivity index (χ4v) is 4.08. The van der Waals surface area contributed by atoms with Crippen LogP contribution in [0.15, 0.2) is 79.9 Å². The van der Waals surface area contributed by atoms with Crippen LogP contribution in [0.1, 0.15) is 5.76 Å². The zero-order valence-corrected chi connectivity index (χ0v) is 17.9. The lowest BCUT2D eigenvalue weighted by Gasteiger charge is -2.02. The number of nitrogens with zero attached hydrogens (tertiary/aromatic N) is 1. The highest BCUT2D eigenvalue weighted by molar-refractivity contribution is 8.18. The summed E-state index contributed by atoms with van der Waals surface area (Å²) in [5.74, 6) is 2.14. The van der Waals surface area contributed by atoms with Crippen molar-refractivity contribution in [2.75, 3.05) is 7.11 Å². The molecule has 1 aliphatic heterocycles. The summed E-state index contributed by atoms with van der Waals surface area (Å²) in [5, 5.41) is 7.61.